The zero-order valence-electron chi connectivity index (χ0n) is 15.0. The smallest absolute Gasteiger partial charge is 0.246 e. The summed E-state index contributed by atoms with van der Waals surface area (Å²) in [6, 6.07) is 15.7. The van der Waals surface area contributed by atoms with Gasteiger partial charge in [0.25, 0.3) is 0 Å². The molecule has 0 aliphatic heterocycles. The van der Waals surface area contributed by atoms with E-state index in [1.54, 1.807) is 0 Å². The van der Waals surface area contributed by atoms with Gasteiger partial charge in [-0.3, -0.25) is 4.79 Å². The van der Waals surface area contributed by atoms with Gasteiger partial charge >= 0.3 is 0 Å². The van der Waals surface area contributed by atoms with E-state index < -0.39 is 0 Å². The predicted octanol–water partition coefficient (Wildman–Crippen LogP) is 4.28. The van der Waals surface area contributed by atoms with Crippen molar-refractivity contribution in [2.75, 3.05) is 28.6 Å². The van der Waals surface area contributed by atoms with Crippen LogP contribution in [0.3, 0.4) is 0 Å². The zero-order valence-corrected chi connectivity index (χ0v) is 15.0. The van der Waals surface area contributed by atoms with Gasteiger partial charge in [-0.05, 0) is 64.1 Å². The van der Waals surface area contributed by atoms with Crippen LogP contribution in [0.2, 0.25) is 0 Å². The van der Waals surface area contributed by atoms with Crippen LogP contribution in [0.5, 0.6) is 0 Å². The number of carbonyl (C=O) groups is 1. The Morgan fingerprint density at radius 2 is 1.50 bits per heavy atom. The zero-order chi connectivity index (χ0) is 17.5. The summed E-state index contributed by atoms with van der Waals surface area (Å²) < 4.78 is 0. The molecule has 0 heterocycles. The lowest BCUT2D eigenvalue weighted by Gasteiger charge is -2.22. The highest BCUT2D eigenvalue weighted by Gasteiger charge is 2.13. The summed E-state index contributed by atoms with van der Waals surface area (Å²) in [7, 11) is 0. The van der Waals surface area contributed by atoms with Gasteiger partial charge in [0, 0.05) is 30.2 Å². The maximum absolute atomic E-state index is 12.3. The molecule has 24 heavy (non-hydrogen) atoms. The quantitative estimate of drug-likeness (QED) is 0.798. The van der Waals surface area contributed by atoms with Crippen molar-refractivity contribution in [3.63, 3.8) is 0 Å². The maximum Gasteiger partial charge on any atom is 0.246 e. The molecule has 128 valence electrons. The van der Waals surface area contributed by atoms with E-state index in [0.29, 0.717) is 0 Å². The van der Waals surface area contributed by atoms with E-state index in [-0.39, 0.29) is 11.9 Å². The average molecular weight is 325 g/mol. The third-order valence-corrected chi connectivity index (χ3v) is 4.09. The Morgan fingerprint density at radius 1 is 0.958 bits per heavy atom. The minimum atomic E-state index is -0.314. The van der Waals surface area contributed by atoms with Gasteiger partial charge < -0.3 is 15.5 Å². The van der Waals surface area contributed by atoms with E-state index in [1.807, 2.05) is 50.2 Å². The van der Waals surface area contributed by atoms with Crippen LogP contribution < -0.4 is 15.5 Å². The molecule has 0 aromatic heterocycles. The monoisotopic (exact) mass is 325 g/mol. The SMILES string of the molecule is CCN(CC)c1ccc(N[C@@H](C)C(=O)Nc2ccc(C)cc2)cc1. The summed E-state index contributed by atoms with van der Waals surface area (Å²) in [6.45, 7) is 10.1. The number of nitrogens with one attached hydrogen (secondary N) is 2. The molecular weight excluding hydrogens is 298 g/mol. The van der Waals surface area contributed by atoms with Gasteiger partial charge in [-0.1, -0.05) is 17.7 Å². The Balaban J connectivity index is 1.94. The highest BCUT2D eigenvalue weighted by atomic mass is 16.2. The van der Waals surface area contributed by atoms with Crippen LogP contribution in [0.4, 0.5) is 17.1 Å². The molecule has 0 unspecified atom stereocenters. The summed E-state index contributed by atoms with van der Waals surface area (Å²) in [5.74, 6) is -0.0494. The van der Waals surface area contributed by atoms with E-state index >= 15 is 0 Å². The van der Waals surface area contributed by atoms with E-state index in [2.05, 4.69) is 41.5 Å². The van der Waals surface area contributed by atoms with Crippen LogP contribution in [-0.4, -0.2) is 25.0 Å². The molecule has 0 radical (unpaired) electrons. The second kappa shape index (κ2) is 8.39. The first-order valence-electron chi connectivity index (χ1n) is 8.52. The first-order valence-corrected chi connectivity index (χ1v) is 8.52. The molecule has 1 atom stereocenters. The third kappa shape index (κ3) is 4.75. The standard InChI is InChI=1S/C20H27N3O/c1-5-23(6-2)19-13-11-17(12-14-19)21-16(4)20(24)22-18-9-7-15(3)8-10-18/h7-14,16,21H,5-6H2,1-4H3,(H,22,24)/t16-/m0/s1. The molecule has 1 amide bonds. The molecule has 2 rings (SSSR count). The summed E-state index contributed by atoms with van der Waals surface area (Å²) >= 11 is 0. The molecule has 4 heteroatoms. The highest BCUT2D eigenvalue weighted by molar-refractivity contribution is 5.96. The van der Waals surface area contributed by atoms with Gasteiger partial charge in [-0.2, -0.15) is 0 Å². The number of hydrogen-bond acceptors (Lipinski definition) is 3. The normalized spacial score (nSPS) is 11.7. The molecule has 2 aromatic rings. The molecule has 0 spiro atoms. The summed E-state index contributed by atoms with van der Waals surface area (Å²) in [4.78, 5) is 14.6. The fraction of sp³-hybridized carbons (Fsp3) is 0.350. The van der Waals surface area contributed by atoms with Crippen molar-refractivity contribution >= 4 is 23.0 Å². The Labute approximate surface area is 144 Å². The second-order valence-electron chi connectivity index (χ2n) is 5.94. The number of nitrogens with zero attached hydrogens (tertiary/aromatic N) is 1. The number of hydrogen-bond donors (Lipinski definition) is 2. The minimum absolute atomic E-state index is 0.0494. The molecule has 0 bridgehead atoms. The number of benzene rings is 2. The Hall–Kier alpha value is -2.49. The van der Waals surface area contributed by atoms with Crippen LogP contribution in [0, 0.1) is 6.92 Å². The van der Waals surface area contributed by atoms with Gasteiger partial charge in [0.2, 0.25) is 5.91 Å². The van der Waals surface area contributed by atoms with Crippen molar-refractivity contribution in [1.82, 2.24) is 0 Å². The molecule has 2 N–H and O–H groups in total. The number of amides is 1. The fourth-order valence-corrected chi connectivity index (χ4v) is 2.56. The molecule has 0 saturated heterocycles. The van der Waals surface area contributed by atoms with Crippen molar-refractivity contribution in [2.24, 2.45) is 0 Å². The van der Waals surface area contributed by atoms with Crippen LogP contribution in [-0.2, 0) is 4.79 Å². The average Bonchev–Trinajstić information content (AvgIpc) is 2.59. The van der Waals surface area contributed by atoms with Crippen molar-refractivity contribution < 1.29 is 4.79 Å². The fourth-order valence-electron chi connectivity index (χ4n) is 2.56. The van der Waals surface area contributed by atoms with E-state index in [4.69, 9.17) is 0 Å². The van der Waals surface area contributed by atoms with Gasteiger partial charge in [0.1, 0.15) is 6.04 Å². The maximum atomic E-state index is 12.3. The molecule has 0 fully saturated rings. The number of rotatable bonds is 7. The summed E-state index contributed by atoms with van der Waals surface area (Å²) in [6.07, 6.45) is 0. The topological polar surface area (TPSA) is 44.4 Å². The van der Waals surface area contributed by atoms with E-state index in [9.17, 15) is 4.79 Å². The summed E-state index contributed by atoms with van der Waals surface area (Å²) in [5, 5.41) is 6.17. The van der Waals surface area contributed by atoms with Crippen LogP contribution in [0.1, 0.15) is 26.3 Å². The third-order valence-electron chi connectivity index (χ3n) is 4.09. The molecule has 2 aromatic carbocycles. The molecule has 0 aliphatic carbocycles. The molecule has 0 saturated carbocycles. The Morgan fingerprint density at radius 3 is 2.04 bits per heavy atom. The molecular formula is C20H27N3O. The van der Waals surface area contributed by atoms with Crippen LogP contribution in [0.25, 0.3) is 0 Å². The largest absolute Gasteiger partial charge is 0.374 e. The summed E-state index contributed by atoms with van der Waals surface area (Å²) in [5.41, 5.74) is 4.13. The first-order chi connectivity index (χ1) is 11.5. The minimum Gasteiger partial charge on any atom is -0.374 e. The number of aryl methyl sites for hydroxylation is 1. The Bertz CT molecular complexity index is 646. The number of anilines is 3. The lowest BCUT2D eigenvalue weighted by molar-refractivity contribution is -0.116. The van der Waals surface area contributed by atoms with Crippen LogP contribution >= 0.6 is 0 Å². The van der Waals surface area contributed by atoms with Gasteiger partial charge in [-0.15, -0.1) is 0 Å². The second-order valence-corrected chi connectivity index (χ2v) is 5.94. The highest BCUT2D eigenvalue weighted by Crippen LogP contribution is 2.18. The van der Waals surface area contributed by atoms with E-state index in [1.165, 1.54) is 11.3 Å². The van der Waals surface area contributed by atoms with Gasteiger partial charge in [-0.25, -0.2) is 0 Å². The van der Waals surface area contributed by atoms with Crippen molar-refractivity contribution in [3.05, 3.63) is 54.1 Å². The lowest BCUT2D eigenvalue weighted by atomic mass is 10.2. The van der Waals surface area contributed by atoms with E-state index in [0.717, 1.165) is 24.5 Å². The predicted molar refractivity (Wildman–Crippen MR) is 103 cm³/mol. The van der Waals surface area contributed by atoms with Crippen molar-refractivity contribution in [2.45, 2.75) is 33.7 Å². The number of carbonyl (C=O) groups excluding carboxylic acids is 1. The molecule has 0 aliphatic rings. The first kappa shape index (κ1) is 17.9. The van der Waals surface area contributed by atoms with Gasteiger partial charge in [0.15, 0.2) is 0 Å². The Kier molecular flexibility index (Phi) is 6.24. The van der Waals surface area contributed by atoms with Crippen LogP contribution in [0.15, 0.2) is 48.5 Å². The molecule has 4 nitrogen and oxygen atoms in total. The van der Waals surface area contributed by atoms with Crippen molar-refractivity contribution in [3.8, 4) is 0 Å². The van der Waals surface area contributed by atoms with Gasteiger partial charge in [0.05, 0.1) is 0 Å². The lowest BCUT2D eigenvalue weighted by Crippen LogP contribution is -2.31. The van der Waals surface area contributed by atoms with Crippen molar-refractivity contribution in [1.29, 1.82) is 0 Å².